The number of carbonyl (C=O) groups is 1. The fourth-order valence-corrected chi connectivity index (χ4v) is 2.59. The third kappa shape index (κ3) is 4.61. The molecule has 0 fully saturated rings. The van der Waals surface area contributed by atoms with Crippen molar-refractivity contribution in [2.75, 3.05) is 13.2 Å². The number of rotatable bonds is 7. The average Bonchev–Trinajstić information content (AvgIpc) is 3.15. The fraction of sp³-hybridized carbons (Fsp3) is 0.158. The molecule has 3 aromatic rings. The molecule has 1 unspecified atom stereocenters. The van der Waals surface area contributed by atoms with E-state index in [4.69, 9.17) is 16.3 Å². The lowest BCUT2D eigenvalue weighted by atomic mass is 10.1. The Morgan fingerprint density at radius 1 is 1.12 bits per heavy atom. The van der Waals surface area contributed by atoms with Crippen molar-refractivity contribution in [1.82, 2.24) is 15.1 Å². The Labute approximate surface area is 151 Å². The van der Waals surface area contributed by atoms with E-state index >= 15 is 0 Å². The molecule has 128 valence electrons. The molecular formula is C19H18ClN3O2. The molecule has 1 amide bonds. The monoisotopic (exact) mass is 355 g/mol. The van der Waals surface area contributed by atoms with Crippen LogP contribution in [0.15, 0.2) is 73.1 Å². The Kier molecular flexibility index (Phi) is 5.69. The van der Waals surface area contributed by atoms with E-state index in [0.29, 0.717) is 23.9 Å². The summed E-state index contributed by atoms with van der Waals surface area (Å²) < 4.78 is 7.24. The molecule has 0 radical (unpaired) electrons. The number of aromatic nitrogens is 2. The normalized spacial score (nSPS) is 11.7. The molecule has 3 rings (SSSR count). The fourth-order valence-electron chi connectivity index (χ4n) is 2.46. The van der Waals surface area contributed by atoms with Crippen LogP contribution >= 0.6 is 11.6 Å². The molecule has 0 aliphatic carbocycles. The van der Waals surface area contributed by atoms with Gasteiger partial charge in [-0.15, -0.1) is 0 Å². The van der Waals surface area contributed by atoms with Crippen LogP contribution in [0.2, 0.25) is 5.02 Å². The molecule has 1 heterocycles. The molecule has 1 N–H and O–H groups in total. The maximum atomic E-state index is 12.7. The van der Waals surface area contributed by atoms with Gasteiger partial charge in [0, 0.05) is 17.4 Å². The van der Waals surface area contributed by atoms with E-state index in [1.54, 1.807) is 47.4 Å². The number of amides is 1. The number of hydrogen-bond acceptors (Lipinski definition) is 3. The van der Waals surface area contributed by atoms with E-state index in [2.05, 4.69) is 10.4 Å². The van der Waals surface area contributed by atoms with E-state index < -0.39 is 6.04 Å². The smallest absolute Gasteiger partial charge is 0.249 e. The summed E-state index contributed by atoms with van der Waals surface area (Å²) in [4.78, 5) is 12.7. The van der Waals surface area contributed by atoms with Gasteiger partial charge in [-0.1, -0.05) is 41.9 Å². The lowest BCUT2D eigenvalue weighted by Gasteiger charge is -2.18. The topological polar surface area (TPSA) is 56.1 Å². The van der Waals surface area contributed by atoms with Crippen molar-refractivity contribution in [3.8, 4) is 5.75 Å². The van der Waals surface area contributed by atoms with E-state index in [1.165, 1.54) is 0 Å². The first-order valence-corrected chi connectivity index (χ1v) is 8.32. The van der Waals surface area contributed by atoms with Crippen LogP contribution in [-0.2, 0) is 4.79 Å². The van der Waals surface area contributed by atoms with Crippen LogP contribution in [0, 0.1) is 0 Å². The molecule has 1 aromatic heterocycles. The molecule has 0 bridgehead atoms. The maximum Gasteiger partial charge on any atom is 0.249 e. The van der Waals surface area contributed by atoms with Crippen LogP contribution in [0.5, 0.6) is 5.75 Å². The van der Waals surface area contributed by atoms with E-state index in [1.807, 2.05) is 30.3 Å². The molecular weight excluding hydrogens is 338 g/mol. The highest BCUT2D eigenvalue weighted by atomic mass is 35.5. The highest BCUT2D eigenvalue weighted by Gasteiger charge is 2.22. The summed E-state index contributed by atoms with van der Waals surface area (Å²) in [5.74, 6) is 0.583. The van der Waals surface area contributed by atoms with Gasteiger partial charge in [-0.2, -0.15) is 5.10 Å². The van der Waals surface area contributed by atoms with E-state index in [-0.39, 0.29) is 5.91 Å². The van der Waals surface area contributed by atoms with E-state index in [9.17, 15) is 4.79 Å². The minimum Gasteiger partial charge on any atom is -0.492 e. The molecule has 0 saturated carbocycles. The van der Waals surface area contributed by atoms with Gasteiger partial charge in [0.05, 0.1) is 6.54 Å². The maximum absolute atomic E-state index is 12.7. The second-order valence-corrected chi connectivity index (χ2v) is 5.83. The second-order valence-electron chi connectivity index (χ2n) is 5.39. The number of nitrogens with one attached hydrogen (secondary N) is 1. The summed E-state index contributed by atoms with van der Waals surface area (Å²) in [7, 11) is 0. The molecule has 5 nitrogen and oxygen atoms in total. The summed E-state index contributed by atoms with van der Waals surface area (Å²) in [6.45, 7) is 0.764. The van der Waals surface area contributed by atoms with Crippen molar-refractivity contribution >= 4 is 17.5 Å². The van der Waals surface area contributed by atoms with Gasteiger partial charge in [0.25, 0.3) is 0 Å². The van der Waals surface area contributed by atoms with Gasteiger partial charge in [0.15, 0.2) is 6.04 Å². The zero-order valence-corrected chi connectivity index (χ0v) is 14.3. The number of nitrogens with zero attached hydrogens (tertiary/aromatic N) is 2. The van der Waals surface area contributed by atoms with Gasteiger partial charge < -0.3 is 10.1 Å². The Hall–Kier alpha value is -2.79. The number of ether oxygens (including phenoxy) is 1. The van der Waals surface area contributed by atoms with Crippen molar-refractivity contribution < 1.29 is 9.53 Å². The summed E-state index contributed by atoms with van der Waals surface area (Å²) in [6, 6.07) is 18.0. The van der Waals surface area contributed by atoms with Gasteiger partial charge in [0.2, 0.25) is 5.91 Å². The van der Waals surface area contributed by atoms with Gasteiger partial charge in [0.1, 0.15) is 12.4 Å². The molecule has 0 aliphatic heterocycles. The highest BCUT2D eigenvalue weighted by Crippen LogP contribution is 2.18. The Balaban J connectivity index is 1.58. The van der Waals surface area contributed by atoms with Crippen LogP contribution in [-0.4, -0.2) is 28.8 Å². The van der Waals surface area contributed by atoms with Crippen LogP contribution in [0.25, 0.3) is 0 Å². The Morgan fingerprint density at radius 3 is 2.56 bits per heavy atom. The van der Waals surface area contributed by atoms with Crippen molar-refractivity contribution in [3.63, 3.8) is 0 Å². The molecule has 0 spiro atoms. The Morgan fingerprint density at radius 2 is 1.88 bits per heavy atom. The summed E-state index contributed by atoms with van der Waals surface area (Å²) >= 11 is 5.84. The van der Waals surface area contributed by atoms with Gasteiger partial charge >= 0.3 is 0 Å². The van der Waals surface area contributed by atoms with Crippen molar-refractivity contribution in [2.45, 2.75) is 6.04 Å². The summed E-state index contributed by atoms with van der Waals surface area (Å²) in [5, 5.41) is 7.77. The highest BCUT2D eigenvalue weighted by molar-refractivity contribution is 6.30. The number of carbonyl (C=O) groups excluding carboxylic acids is 1. The zero-order chi connectivity index (χ0) is 17.5. The quantitative estimate of drug-likeness (QED) is 0.661. The largest absolute Gasteiger partial charge is 0.492 e. The molecule has 25 heavy (non-hydrogen) atoms. The standard InChI is InChI=1S/C19H18ClN3O2/c20-16-7-9-17(10-8-16)25-14-12-21-19(24)18(23-13-4-11-22-23)15-5-2-1-3-6-15/h1-11,13,18H,12,14H2,(H,21,24). The van der Waals surface area contributed by atoms with Crippen molar-refractivity contribution in [1.29, 1.82) is 0 Å². The van der Waals surface area contributed by atoms with Gasteiger partial charge in [-0.05, 0) is 35.9 Å². The molecule has 2 aromatic carbocycles. The predicted molar refractivity (Wildman–Crippen MR) is 96.8 cm³/mol. The first-order chi connectivity index (χ1) is 12.2. The van der Waals surface area contributed by atoms with Crippen LogP contribution < -0.4 is 10.1 Å². The molecule has 1 atom stereocenters. The zero-order valence-electron chi connectivity index (χ0n) is 13.5. The van der Waals surface area contributed by atoms with Crippen molar-refractivity contribution in [3.05, 3.63) is 83.6 Å². The van der Waals surface area contributed by atoms with Crippen LogP contribution in [0.1, 0.15) is 11.6 Å². The average molecular weight is 356 g/mol. The van der Waals surface area contributed by atoms with Crippen LogP contribution in [0.3, 0.4) is 0 Å². The Bertz CT molecular complexity index is 789. The first kappa shape index (κ1) is 17.0. The third-order valence-corrected chi connectivity index (χ3v) is 3.89. The predicted octanol–water partition coefficient (Wildman–Crippen LogP) is 3.32. The third-order valence-electron chi connectivity index (χ3n) is 3.64. The summed E-state index contributed by atoms with van der Waals surface area (Å²) in [6.07, 6.45) is 3.44. The van der Waals surface area contributed by atoms with Crippen LogP contribution in [0.4, 0.5) is 0 Å². The number of hydrogen-bond donors (Lipinski definition) is 1. The lowest BCUT2D eigenvalue weighted by molar-refractivity contribution is -0.123. The van der Waals surface area contributed by atoms with E-state index in [0.717, 1.165) is 5.56 Å². The number of benzene rings is 2. The van der Waals surface area contributed by atoms with Gasteiger partial charge in [-0.25, -0.2) is 0 Å². The second kappa shape index (κ2) is 8.35. The van der Waals surface area contributed by atoms with Gasteiger partial charge in [-0.3, -0.25) is 9.48 Å². The molecule has 6 heteroatoms. The minimum absolute atomic E-state index is 0.130. The lowest BCUT2D eigenvalue weighted by Crippen LogP contribution is -2.35. The minimum atomic E-state index is -0.508. The molecule has 0 saturated heterocycles. The number of halogens is 1. The molecule has 0 aliphatic rings. The first-order valence-electron chi connectivity index (χ1n) is 7.94. The summed E-state index contributed by atoms with van der Waals surface area (Å²) in [5.41, 5.74) is 0.877. The van der Waals surface area contributed by atoms with Crippen molar-refractivity contribution in [2.24, 2.45) is 0 Å². The SMILES string of the molecule is O=C(NCCOc1ccc(Cl)cc1)C(c1ccccc1)n1cccn1.